The van der Waals surface area contributed by atoms with Gasteiger partial charge in [-0.05, 0) is 37.8 Å². The van der Waals surface area contributed by atoms with E-state index in [0.29, 0.717) is 18.6 Å². The van der Waals surface area contributed by atoms with Gasteiger partial charge in [0.1, 0.15) is 0 Å². The number of rotatable bonds is 9. The molecule has 0 aromatic heterocycles. The SMILES string of the molecule is CCNCC1(CN(C)CC(O)COC)CCCC(C)C1. The number of aliphatic hydroxyl groups excluding tert-OH is 1. The Morgan fingerprint density at radius 2 is 2.25 bits per heavy atom. The Balaban J connectivity index is 2.54. The highest BCUT2D eigenvalue weighted by Crippen LogP contribution is 2.39. The molecule has 0 aliphatic heterocycles. The normalized spacial score (nSPS) is 28.8. The fraction of sp³-hybridized carbons (Fsp3) is 1.00. The summed E-state index contributed by atoms with van der Waals surface area (Å²) >= 11 is 0. The standard InChI is InChI=1S/C16H34N2O2/c1-5-17-12-16(8-6-7-14(2)9-16)13-18(3)10-15(19)11-20-4/h14-15,17,19H,5-13H2,1-4H3. The van der Waals surface area contributed by atoms with E-state index < -0.39 is 0 Å². The van der Waals surface area contributed by atoms with Gasteiger partial charge >= 0.3 is 0 Å². The quantitative estimate of drug-likeness (QED) is 0.677. The van der Waals surface area contributed by atoms with Crippen LogP contribution in [-0.2, 0) is 4.74 Å². The highest BCUT2D eigenvalue weighted by Gasteiger charge is 2.35. The van der Waals surface area contributed by atoms with E-state index >= 15 is 0 Å². The average molecular weight is 286 g/mol. The van der Waals surface area contributed by atoms with Gasteiger partial charge in [-0.15, -0.1) is 0 Å². The molecule has 0 bridgehead atoms. The summed E-state index contributed by atoms with van der Waals surface area (Å²) in [6.07, 6.45) is 4.91. The first-order valence-corrected chi connectivity index (χ1v) is 8.07. The van der Waals surface area contributed by atoms with Crippen molar-refractivity contribution < 1.29 is 9.84 Å². The molecule has 0 aromatic rings. The Hall–Kier alpha value is -0.160. The first-order chi connectivity index (χ1) is 9.51. The molecule has 1 rings (SSSR count). The molecule has 1 aliphatic rings. The molecule has 0 amide bonds. The minimum atomic E-state index is -0.387. The van der Waals surface area contributed by atoms with Crippen LogP contribution >= 0.6 is 0 Å². The number of hydrogen-bond acceptors (Lipinski definition) is 4. The Labute approximate surface area is 124 Å². The molecule has 4 heteroatoms. The molecule has 20 heavy (non-hydrogen) atoms. The third kappa shape index (κ3) is 6.08. The zero-order chi connectivity index (χ0) is 15.0. The van der Waals surface area contributed by atoms with Crippen LogP contribution in [0, 0.1) is 11.3 Å². The van der Waals surface area contributed by atoms with Gasteiger partial charge in [0.2, 0.25) is 0 Å². The molecule has 1 saturated carbocycles. The number of methoxy groups -OCH3 is 1. The minimum Gasteiger partial charge on any atom is -0.389 e. The van der Waals surface area contributed by atoms with Gasteiger partial charge in [-0.25, -0.2) is 0 Å². The lowest BCUT2D eigenvalue weighted by molar-refractivity contribution is 0.0238. The molecule has 0 spiro atoms. The van der Waals surface area contributed by atoms with Crippen molar-refractivity contribution in [3.63, 3.8) is 0 Å². The lowest BCUT2D eigenvalue weighted by atomic mass is 9.69. The van der Waals surface area contributed by atoms with Gasteiger partial charge in [-0.2, -0.15) is 0 Å². The van der Waals surface area contributed by atoms with Crippen LogP contribution in [0.5, 0.6) is 0 Å². The molecule has 1 aliphatic carbocycles. The summed E-state index contributed by atoms with van der Waals surface area (Å²) in [5.74, 6) is 0.819. The summed E-state index contributed by atoms with van der Waals surface area (Å²) < 4.78 is 5.01. The second-order valence-corrected chi connectivity index (χ2v) is 6.79. The number of ether oxygens (including phenoxy) is 1. The number of likely N-dealkylation sites (N-methyl/N-ethyl adjacent to an activating group) is 1. The summed E-state index contributed by atoms with van der Waals surface area (Å²) in [6.45, 7) is 8.85. The van der Waals surface area contributed by atoms with Crippen LogP contribution < -0.4 is 5.32 Å². The molecule has 4 nitrogen and oxygen atoms in total. The maximum Gasteiger partial charge on any atom is 0.0899 e. The lowest BCUT2D eigenvalue weighted by Gasteiger charge is -2.43. The van der Waals surface area contributed by atoms with Crippen LogP contribution in [0.15, 0.2) is 0 Å². The Kier molecular flexibility index (Phi) is 8.03. The Morgan fingerprint density at radius 1 is 1.50 bits per heavy atom. The summed E-state index contributed by atoms with van der Waals surface area (Å²) in [6, 6.07) is 0. The fourth-order valence-corrected chi connectivity index (χ4v) is 3.76. The van der Waals surface area contributed by atoms with Gasteiger partial charge in [0.15, 0.2) is 0 Å². The van der Waals surface area contributed by atoms with Gasteiger partial charge in [-0.3, -0.25) is 0 Å². The minimum absolute atomic E-state index is 0.370. The second-order valence-electron chi connectivity index (χ2n) is 6.79. The zero-order valence-corrected chi connectivity index (χ0v) is 13.8. The van der Waals surface area contributed by atoms with Gasteiger partial charge in [-0.1, -0.05) is 26.7 Å². The summed E-state index contributed by atoms with van der Waals surface area (Å²) in [7, 11) is 3.75. The predicted octanol–water partition coefficient (Wildman–Crippen LogP) is 1.73. The van der Waals surface area contributed by atoms with Crippen LogP contribution in [0.3, 0.4) is 0 Å². The topological polar surface area (TPSA) is 44.7 Å². The van der Waals surface area contributed by atoms with Crippen molar-refractivity contribution in [2.24, 2.45) is 11.3 Å². The number of hydrogen-bond donors (Lipinski definition) is 2. The van der Waals surface area contributed by atoms with Crippen molar-refractivity contribution in [1.82, 2.24) is 10.2 Å². The Bertz CT molecular complexity index is 263. The van der Waals surface area contributed by atoms with Crippen LogP contribution in [0.25, 0.3) is 0 Å². The van der Waals surface area contributed by atoms with E-state index in [1.807, 2.05) is 0 Å². The molecule has 1 fully saturated rings. The van der Waals surface area contributed by atoms with Crippen molar-refractivity contribution >= 4 is 0 Å². The molecule has 0 heterocycles. The molecule has 0 saturated heterocycles. The summed E-state index contributed by atoms with van der Waals surface area (Å²) in [5, 5.41) is 13.4. The van der Waals surface area contributed by atoms with E-state index in [1.54, 1.807) is 7.11 Å². The molecular formula is C16H34N2O2. The highest BCUT2D eigenvalue weighted by molar-refractivity contribution is 4.89. The fourth-order valence-electron chi connectivity index (χ4n) is 3.76. The summed E-state index contributed by atoms with van der Waals surface area (Å²) in [4.78, 5) is 2.28. The van der Waals surface area contributed by atoms with E-state index in [0.717, 1.165) is 25.6 Å². The summed E-state index contributed by atoms with van der Waals surface area (Å²) in [5.41, 5.74) is 0.370. The van der Waals surface area contributed by atoms with Crippen LogP contribution in [0.4, 0.5) is 0 Å². The van der Waals surface area contributed by atoms with Gasteiger partial charge in [0, 0.05) is 26.7 Å². The monoisotopic (exact) mass is 286 g/mol. The predicted molar refractivity (Wildman–Crippen MR) is 84.0 cm³/mol. The van der Waals surface area contributed by atoms with E-state index in [-0.39, 0.29) is 6.10 Å². The third-order valence-corrected chi connectivity index (χ3v) is 4.42. The van der Waals surface area contributed by atoms with E-state index in [9.17, 15) is 5.11 Å². The van der Waals surface area contributed by atoms with E-state index in [2.05, 4.69) is 31.1 Å². The number of nitrogens with one attached hydrogen (secondary N) is 1. The number of aliphatic hydroxyl groups is 1. The molecule has 0 radical (unpaired) electrons. The van der Waals surface area contributed by atoms with Crippen molar-refractivity contribution in [3.8, 4) is 0 Å². The molecule has 120 valence electrons. The van der Waals surface area contributed by atoms with Gasteiger partial charge in [0.05, 0.1) is 12.7 Å². The maximum absolute atomic E-state index is 9.88. The molecule has 3 unspecified atom stereocenters. The largest absolute Gasteiger partial charge is 0.389 e. The maximum atomic E-state index is 9.88. The van der Waals surface area contributed by atoms with Crippen LogP contribution in [0.1, 0.15) is 39.5 Å². The first-order valence-electron chi connectivity index (χ1n) is 8.07. The number of nitrogens with zero attached hydrogens (tertiary/aromatic N) is 1. The highest BCUT2D eigenvalue weighted by atomic mass is 16.5. The zero-order valence-electron chi connectivity index (χ0n) is 13.8. The first kappa shape index (κ1) is 17.9. The molecule has 0 aromatic carbocycles. The van der Waals surface area contributed by atoms with Gasteiger partial charge < -0.3 is 20.1 Å². The van der Waals surface area contributed by atoms with Crippen molar-refractivity contribution in [2.45, 2.75) is 45.6 Å². The van der Waals surface area contributed by atoms with E-state index in [4.69, 9.17) is 4.74 Å². The smallest absolute Gasteiger partial charge is 0.0899 e. The molecular weight excluding hydrogens is 252 g/mol. The van der Waals surface area contributed by atoms with Crippen molar-refractivity contribution in [2.75, 3.05) is 46.9 Å². The van der Waals surface area contributed by atoms with Crippen LogP contribution in [-0.4, -0.2) is 63.1 Å². The molecule has 2 N–H and O–H groups in total. The van der Waals surface area contributed by atoms with Gasteiger partial charge in [0.25, 0.3) is 0 Å². The van der Waals surface area contributed by atoms with E-state index in [1.165, 1.54) is 25.7 Å². The lowest BCUT2D eigenvalue weighted by Crippen LogP contribution is -2.47. The van der Waals surface area contributed by atoms with Crippen LogP contribution in [0.2, 0.25) is 0 Å². The van der Waals surface area contributed by atoms with Crippen molar-refractivity contribution in [1.29, 1.82) is 0 Å². The second kappa shape index (κ2) is 8.98. The molecule has 3 atom stereocenters. The van der Waals surface area contributed by atoms with Crippen molar-refractivity contribution in [3.05, 3.63) is 0 Å². The average Bonchev–Trinajstić information content (AvgIpc) is 2.36. The third-order valence-electron chi connectivity index (χ3n) is 4.42. The Morgan fingerprint density at radius 3 is 2.85 bits per heavy atom.